The van der Waals surface area contributed by atoms with Crippen LogP contribution in [-0.2, 0) is 16.6 Å². The molecule has 0 bridgehead atoms. The summed E-state index contributed by atoms with van der Waals surface area (Å²) in [4.78, 5) is 0.0488. The Morgan fingerprint density at radius 1 is 1.00 bits per heavy atom. The van der Waals surface area contributed by atoms with Crippen LogP contribution in [0.5, 0.6) is 0 Å². The van der Waals surface area contributed by atoms with E-state index in [-0.39, 0.29) is 23.8 Å². The monoisotopic (exact) mass is 380 g/mol. The summed E-state index contributed by atoms with van der Waals surface area (Å²) in [5, 5.41) is 2.86. The van der Waals surface area contributed by atoms with Crippen LogP contribution in [0.2, 0.25) is 0 Å². The van der Waals surface area contributed by atoms with E-state index in [2.05, 4.69) is 5.32 Å². The molecule has 2 aromatic carbocycles. The fourth-order valence-electron chi connectivity index (χ4n) is 2.58. The number of nitrogens with one attached hydrogen (secondary N) is 1. The molecule has 4 nitrogen and oxygen atoms in total. The maximum atomic E-state index is 14.9. The van der Waals surface area contributed by atoms with Crippen molar-refractivity contribution in [1.82, 2.24) is 9.29 Å². The summed E-state index contributed by atoms with van der Waals surface area (Å²) >= 11 is 0. The number of nitrogens with zero attached hydrogens (tertiary/aromatic N) is 1. The summed E-state index contributed by atoms with van der Waals surface area (Å²) in [6.45, 7) is 0.239. The van der Waals surface area contributed by atoms with Gasteiger partial charge in [-0.25, -0.2) is 12.4 Å². The zero-order chi connectivity index (χ0) is 17.2. The average molecular weight is 381 g/mol. The SMILES string of the molecule is CNCc1cc(-c2ccccc2)n(S(=O)(=O)c2ccccc2)c1F.Cl. The predicted molar refractivity (Wildman–Crippen MR) is 98.9 cm³/mol. The second kappa shape index (κ2) is 7.82. The third-order valence-corrected chi connectivity index (χ3v) is 5.40. The van der Waals surface area contributed by atoms with Crippen molar-refractivity contribution in [3.05, 3.63) is 78.2 Å². The van der Waals surface area contributed by atoms with Crippen LogP contribution in [0, 0.1) is 5.95 Å². The molecule has 3 aromatic rings. The highest BCUT2D eigenvalue weighted by molar-refractivity contribution is 7.90. The Kier molecular flexibility index (Phi) is 6.00. The van der Waals surface area contributed by atoms with Gasteiger partial charge in [-0.15, -0.1) is 12.4 Å². The lowest BCUT2D eigenvalue weighted by Crippen LogP contribution is -2.17. The summed E-state index contributed by atoms with van der Waals surface area (Å²) in [7, 11) is -2.35. The smallest absolute Gasteiger partial charge is 0.270 e. The molecule has 0 saturated carbocycles. The minimum atomic E-state index is -4.03. The Balaban J connectivity index is 0.00000225. The quantitative estimate of drug-likeness (QED) is 0.734. The molecule has 0 spiro atoms. The first-order chi connectivity index (χ1) is 11.6. The third-order valence-electron chi connectivity index (χ3n) is 3.69. The predicted octanol–water partition coefficient (Wildman–Crippen LogP) is 3.67. The van der Waals surface area contributed by atoms with E-state index in [1.165, 1.54) is 12.1 Å². The topological polar surface area (TPSA) is 51.1 Å². The first-order valence-electron chi connectivity index (χ1n) is 7.46. The van der Waals surface area contributed by atoms with Crippen molar-refractivity contribution in [2.75, 3.05) is 7.05 Å². The van der Waals surface area contributed by atoms with Crippen LogP contribution in [-0.4, -0.2) is 19.4 Å². The Labute approximate surface area is 152 Å². The molecule has 0 saturated heterocycles. The molecule has 0 radical (unpaired) electrons. The summed E-state index contributed by atoms with van der Waals surface area (Å²) in [5.41, 5.74) is 1.25. The minimum Gasteiger partial charge on any atom is -0.316 e. The van der Waals surface area contributed by atoms with Crippen LogP contribution in [0.25, 0.3) is 11.3 Å². The molecule has 0 aliphatic heterocycles. The Bertz CT molecular complexity index is 942. The van der Waals surface area contributed by atoms with Gasteiger partial charge in [0, 0.05) is 12.1 Å². The Morgan fingerprint density at radius 3 is 2.12 bits per heavy atom. The van der Waals surface area contributed by atoms with Crippen LogP contribution in [0.15, 0.2) is 71.6 Å². The van der Waals surface area contributed by atoms with E-state index in [4.69, 9.17) is 0 Å². The number of aromatic nitrogens is 1. The Morgan fingerprint density at radius 2 is 1.56 bits per heavy atom. The summed E-state index contributed by atoms with van der Waals surface area (Å²) in [6.07, 6.45) is 0. The van der Waals surface area contributed by atoms with Gasteiger partial charge in [-0.05, 0) is 30.8 Å². The summed E-state index contributed by atoms with van der Waals surface area (Å²) in [6, 6.07) is 18.4. The van der Waals surface area contributed by atoms with Crippen LogP contribution >= 0.6 is 12.4 Å². The largest absolute Gasteiger partial charge is 0.316 e. The van der Waals surface area contributed by atoms with E-state index in [0.29, 0.717) is 16.8 Å². The van der Waals surface area contributed by atoms with E-state index in [0.717, 1.165) is 3.97 Å². The third kappa shape index (κ3) is 3.61. The molecule has 25 heavy (non-hydrogen) atoms. The number of benzene rings is 2. The van der Waals surface area contributed by atoms with Crippen molar-refractivity contribution in [1.29, 1.82) is 0 Å². The van der Waals surface area contributed by atoms with Crippen molar-refractivity contribution in [3.8, 4) is 11.3 Å². The molecule has 7 heteroatoms. The van der Waals surface area contributed by atoms with Gasteiger partial charge in [-0.1, -0.05) is 48.5 Å². The second-order valence-electron chi connectivity index (χ2n) is 5.32. The van der Waals surface area contributed by atoms with Gasteiger partial charge in [0.15, 0.2) is 0 Å². The molecule has 1 aromatic heterocycles. The first kappa shape index (κ1) is 19.2. The standard InChI is InChI=1S/C18H17FN2O2S.ClH/c1-20-13-15-12-17(14-8-4-2-5-9-14)21(18(15)19)24(22,23)16-10-6-3-7-11-16;/h2-12,20H,13H2,1H3;1H. The van der Waals surface area contributed by atoms with Crippen LogP contribution in [0.3, 0.4) is 0 Å². The molecule has 132 valence electrons. The van der Waals surface area contributed by atoms with Crippen molar-refractivity contribution < 1.29 is 12.8 Å². The van der Waals surface area contributed by atoms with E-state index in [9.17, 15) is 12.8 Å². The van der Waals surface area contributed by atoms with Gasteiger partial charge in [0.2, 0.25) is 5.95 Å². The fraction of sp³-hybridized carbons (Fsp3) is 0.111. The van der Waals surface area contributed by atoms with Crippen molar-refractivity contribution in [2.45, 2.75) is 11.4 Å². The van der Waals surface area contributed by atoms with Gasteiger partial charge in [0.05, 0.1) is 10.6 Å². The summed E-state index contributed by atoms with van der Waals surface area (Å²) in [5.74, 6) is -0.771. The lowest BCUT2D eigenvalue weighted by molar-refractivity contribution is 0.531. The van der Waals surface area contributed by atoms with Gasteiger partial charge in [0.25, 0.3) is 10.0 Å². The zero-order valence-corrected chi connectivity index (χ0v) is 15.1. The van der Waals surface area contributed by atoms with Gasteiger partial charge < -0.3 is 5.32 Å². The van der Waals surface area contributed by atoms with Crippen molar-refractivity contribution in [3.63, 3.8) is 0 Å². The van der Waals surface area contributed by atoms with Crippen LogP contribution in [0.1, 0.15) is 5.56 Å². The highest BCUT2D eigenvalue weighted by Gasteiger charge is 2.27. The number of halogens is 2. The van der Waals surface area contributed by atoms with Crippen molar-refractivity contribution in [2.24, 2.45) is 0 Å². The molecule has 0 fully saturated rings. The molecule has 0 amide bonds. The van der Waals surface area contributed by atoms with E-state index >= 15 is 0 Å². The molecule has 0 unspecified atom stereocenters. The highest BCUT2D eigenvalue weighted by atomic mass is 35.5. The van der Waals surface area contributed by atoms with Gasteiger partial charge in [-0.3, -0.25) is 0 Å². The molecule has 0 aliphatic carbocycles. The lowest BCUT2D eigenvalue weighted by Gasteiger charge is -2.11. The number of hydrogen-bond donors (Lipinski definition) is 1. The Hall–Kier alpha value is -2.15. The normalized spacial score (nSPS) is 11.1. The zero-order valence-electron chi connectivity index (χ0n) is 13.5. The lowest BCUT2D eigenvalue weighted by atomic mass is 10.1. The number of rotatable bonds is 5. The second-order valence-corrected chi connectivity index (χ2v) is 7.11. The van der Waals surface area contributed by atoms with Crippen LogP contribution < -0.4 is 5.32 Å². The molecule has 0 atom stereocenters. The highest BCUT2D eigenvalue weighted by Crippen LogP contribution is 2.29. The molecular weight excluding hydrogens is 363 g/mol. The van der Waals surface area contributed by atoms with Crippen LogP contribution in [0.4, 0.5) is 4.39 Å². The molecule has 0 aliphatic rings. The minimum absolute atomic E-state index is 0. The first-order valence-corrected chi connectivity index (χ1v) is 8.90. The van der Waals surface area contributed by atoms with Crippen molar-refractivity contribution >= 4 is 22.4 Å². The van der Waals surface area contributed by atoms with E-state index < -0.39 is 16.0 Å². The van der Waals surface area contributed by atoms with Gasteiger partial charge in [0.1, 0.15) is 0 Å². The molecule has 1 N–H and O–H groups in total. The van der Waals surface area contributed by atoms with Gasteiger partial charge >= 0.3 is 0 Å². The fourth-order valence-corrected chi connectivity index (χ4v) is 4.03. The maximum absolute atomic E-state index is 14.9. The molecular formula is C18H18ClFN2O2S. The molecule has 3 rings (SSSR count). The van der Waals surface area contributed by atoms with E-state index in [1.54, 1.807) is 55.6 Å². The summed E-state index contributed by atoms with van der Waals surface area (Å²) < 4.78 is 41.6. The molecule has 1 heterocycles. The average Bonchev–Trinajstić information content (AvgIpc) is 2.94. The number of hydrogen-bond acceptors (Lipinski definition) is 3. The van der Waals surface area contributed by atoms with Gasteiger partial charge in [-0.2, -0.15) is 4.39 Å². The maximum Gasteiger partial charge on any atom is 0.270 e. The van der Waals surface area contributed by atoms with E-state index in [1.807, 2.05) is 6.07 Å².